The van der Waals surface area contributed by atoms with E-state index in [4.69, 9.17) is 5.11 Å². The van der Waals surface area contributed by atoms with Crippen molar-refractivity contribution >= 4 is 19.9 Å². The molecule has 112 valence electrons. The molecule has 0 bridgehead atoms. The van der Waals surface area contributed by atoms with Gasteiger partial charge in [-0.2, -0.15) is 0 Å². The minimum Gasteiger partial charge on any atom is -0.481 e. The molecule has 0 radical (unpaired) electrons. The van der Waals surface area contributed by atoms with Crippen LogP contribution in [0.15, 0.2) is 0 Å². The van der Waals surface area contributed by atoms with Crippen LogP contribution in [0.2, 0.25) is 0 Å². The normalized spacial score (nSPS) is 12.4. The highest BCUT2D eigenvalue weighted by atomic mass is 31.1. The zero-order valence-corrected chi connectivity index (χ0v) is 13.2. The summed E-state index contributed by atoms with van der Waals surface area (Å²) in [7, 11) is 1.39. The minimum absolute atomic E-state index is 0.0307. The molecule has 19 heavy (non-hydrogen) atoms. The lowest BCUT2D eigenvalue weighted by atomic mass is 10.2. The molecule has 1 N–H and O–H groups in total. The van der Waals surface area contributed by atoms with Gasteiger partial charge in [0.15, 0.2) is 0 Å². The second kappa shape index (κ2) is 11.2. The van der Waals surface area contributed by atoms with Crippen LogP contribution in [0.3, 0.4) is 0 Å². The zero-order chi connectivity index (χ0) is 14.7. The van der Waals surface area contributed by atoms with Crippen molar-refractivity contribution in [1.29, 1.82) is 0 Å². The summed E-state index contributed by atoms with van der Waals surface area (Å²) >= 11 is 0. The fourth-order valence-corrected chi connectivity index (χ4v) is 4.42. The average molecular weight is 290 g/mol. The number of carboxylic acid groups (broad SMARTS) is 1. The first-order valence-electron chi connectivity index (χ1n) is 7.00. The average Bonchev–Trinajstić information content (AvgIpc) is 2.35. The molecule has 0 heterocycles. The number of ether oxygens (including phenoxy) is 1. The molecule has 0 aliphatic rings. The van der Waals surface area contributed by atoms with Crippen molar-refractivity contribution in [2.45, 2.75) is 58.0 Å². The van der Waals surface area contributed by atoms with Gasteiger partial charge in [0.05, 0.1) is 7.11 Å². The Hall–Kier alpha value is -0.630. The van der Waals surface area contributed by atoms with E-state index in [0.29, 0.717) is 12.1 Å². The highest BCUT2D eigenvalue weighted by Crippen LogP contribution is 2.42. The summed E-state index contributed by atoms with van der Waals surface area (Å²) in [5.74, 6) is -0.831. The molecule has 0 fully saturated rings. The number of hydrogen-bond acceptors (Lipinski definition) is 3. The van der Waals surface area contributed by atoms with E-state index in [2.05, 4.69) is 18.6 Å². The lowest BCUT2D eigenvalue weighted by molar-refractivity contribution is -0.140. The smallest absolute Gasteiger partial charge is 0.305 e. The standard InChI is InChI=1S/C14H27O4P/c1-12(2)19(10-6-4-8-13(15)16)11-7-5-9-14(17)18-3/h12H,4-11H2,1-3H3,(H,15,16). The largest absolute Gasteiger partial charge is 0.481 e. The van der Waals surface area contributed by atoms with Crippen molar-refractivity contribution in [1.82, 2.24) is 0 Å². The number of carbonyl (C=O) groups excluding carboxylic acids is 1. The van der Waals surface area contributed by atoms with E-state index in [0.717, 1.165) is 31.8 Å². The first-order chi connectivity index (χ1) is 8.97. The number of carboxylic acids is 1. The molecule has 0 aliphatic carbocycles. The van der Waals surface area contributed by atoms with Crippen LogP contribution in [0.5, 0.6) is 0 Å². The van der Waals surface area contributed by atoms with Crippen molar-refractivity contribution in [3.05, 3.63) is 0 Å². The first kappa shape index (κ1) is 18.4. The lowest BCUT2D eigenvalue weighted by Gasteiger charge is -2.21. The van der Waals surface area contributed by atoms with Crippen LogP contribution in [0.25, 0.3) is 0 Å². The van der Waals surface area contributed by atoms with Crippen molar-refractivity contribution in [3.8, 4) is 0 Å². The van der Waals surface area contributed by atoms with Gasteiger partial charge in [0.2, 0.25) is 0 Å². The van der Waals surface area contributed by atoms with E-state index in [1.807, 2.05) is 0 Å². The Morgan fingerprint density at radius 3 is 2.00 bits per heavy atom. The quantitative estimate of drug-likeness (QED) is 0.359. The maximum Gasteiger partial charge on any atom is 0.305 e. The van der Waals surface area contributed by atoms with E-state index < -0.39 is 5.97 Å². The van der Waals surface area contributed by atoms with Gasteiger partial charge in [0.25, 0.3) is 0 Å². The Kier molecular flexibility index (Phi) is 10.8. The fraction of sp³-hybridized carbons (Fsp3) is 0.857. The number of rotatable bonds is 11. The molecule has 0 aromatic carbocycles. The van der Waals surface area contributed by atoms with Crippen LogP contribution in [-0.4, -0.2) is 42.1 Å². The number of carbonyl (C=O) groups is 2. The number of unbranched alkanes of at least 4 members (excludes halogenated alkanes) is 2. The first-order valence-corrected chi connectivity index (χ1v) is 8.78. The van der Waals surface area contributed by atoms with Gasteiger partial charge in [-0.05, 0) is 43.7 Å². The van der Waals surface area contributed by atoms with Gasteiger partial charge in [-0.1, -0.05) is 13.8 Å². The second-order valence-electron chi connectivity index (χ2n) is 5.01. The molecular weight excluding hydrogens is 263 g/mol. The van der Waals surface area contributed by atoms with Crippen LogP contribution in [-0.2, 0) is 14.3 Å². The van der Waals surface area contributed by atoms with Gasteiger partial charge >= 0.3 is 11.9 Å². The Morgan fingerprint density at radius 1 is 1.05 bits per heavy atom. The summed E-state index contributed by atoms with van der Waals surface area (Å²) in [4.78, 5) is 21.4. The van der Waals surface area contributed by atoms with Crippen molar-refractivity contribution < 1.29 is 19.4 Å². The van der Waals surface area contributed by atoms with E-state index in [1.165, 1.54) is 13.3 Å². The molecule has 1 atom stereocenters. The molecule has 0 amide bonds. The van der Waals surface area contributed by atoms with Crippen LogP contribution in [0.1, 0.15) is 52.4 Å². The van der Waals surface area contributed by atoms with Crippen molar-refractivity contribution in [2.24, 2.45) is 0 Å². The van der Waals surface area contributed by atoms with Gasteiger partial charge in [0.1, 0.15) is 0 Å². The van der Waals surface area contributed by atoms with E-state index in [1.54, 1.807) is 0 Å². The van der Waals surface area contributed by atoms with Crippen LogP contribution in [0, 0.1) is 0 Å². The predicted octanol–water partition coefficient (Wildman–Crippen LogP) is 3.47. The van der Waals surface area contributed by atoms with Crippen molar-refractivity contribution in [2.75, 3.05) is 19.4 Å². The van der Waals surface area contributed by atoms with Crippen LogP contribution >= 0.6 is 7.92 Å². The number of aliphatic carboxylic acids is 1. The molecule has 5 heteroatoms. The Labute approximate surface area is 117 Å². The van der Waals surface area contributed by atoms with Gasteiger partial charge in [-0.15, -0.1) is 7.92 Å². The lowest BCUT2D eigenvalue weighted by Crippen LogP contribution is -2.04. The Morgan fingerprint density at radius 2 is 1.58 bits per heavy atom. The fourth-order valence-electron chi connectivity index (χ4n) is 1.91. The molecule has 1 unspecified atom stereocenters. The number of hydrogen-bond donors (Lipinski definition) is 1. The molecule has 0 aromatic rings. The maximum atomic E-state index is 11.0. The Bertz CT molecular complexity index is 266. The summed E-state index contributed by atoms with van der Waals surface area (Å²) in [6, 6.07) is 0. The van der Waals surface area contributed by atoms with E-state index >= 15 is 0 Å². The summed E-state index contributed by atoms with van der Waals surface area (Å²) in [6.45, 7) is 4.48. The third kappa shape index (κ3) is 10.9. The van der Waals surface area contributed by atoms with E-state index in [-0.39, 0.29) is 20.3 Å². The molecular formula is C14H27O4P. The minimum atomic E-state index is -0.702. The van der Waals surface area contributed by atoms with Gasteiger partial charge in [0, 0.05) is 12.8 Å². The summed E-state index contributed by atoms with van der Waals surface area (Å²) < 4.78 is 4.62. The van der Waals surface area contributed by atoms with Crippen LogP contribution in [0.4, 0.5) is 0 Å². The SMILES string of the molecule is COC(=O)CCCCP(CCCCC(=O)O)C(C)C. The topological polar surface area (TPSA) is 63.6 Å². The Balaban J connectivity index is 3.74. The summed E-state index contributed by atoms with van der Waals surface area (Å²) in [5.41, 5.74) is 0.679. The van der Waals surface area contributed by atoms with Crippen LogP contribution < -0.4 is 0 Å². The third-order valence-corrected chi connectivity index (χ3v) is 6.36. The molecule has 0 saturated carbocycles. The van der Waals surface area contributed by atoms with Gasteiger partial charge in [-0.25, -0.2) is 0 Å². The monoisotopic (exact) mass is 290 g/mol. The highest BCUT2D eigenvalue weighted by Gasteiger charge is 2.12. The van der Waals surface area contributed by atoms with E-state index in [9.17, 15) is 9.59 Å². The number of methoxy groups -OCH3 is 1. The maximum absolute atomic E-state index is 11.0. The third-order valence-electron chi connectivity index (χ3n) is 3.12. The summed E-state index contributed by atoms with van der Waals surface area (Å²) in [6.07, 6.45) is 6.87. The summed E-state index contributed by atoms with van der Waals surface area (Å²) in [5, 5.41) is 8.60. The molecule has 4 nitrogen and oxygen atoms in total. The molecule has 0 rings (SSSR count). The second-order valence-corrected chi connectivity index (χ2v) is 8.12. The van der Waals surface area contributed by atoms with Crippen molar-refractivity contribution in [3.63, 3.8) is 0 Å². The van der Waals surface area contributed by atoms with Gasteiger partial charge < -0.3 is 9.84 Å². The molecule has 0 aromatic heterocycles. The predicted molar refractivity (Wildman–Crippen MR) is 79.1 cm³/mol. The van der Waals surface area contributed by atoms with Gasteiger partial charge in [-0.3, -0.25) is 9.59 Å². The molecule has 0 saturated heterocycles. The molecule has 0 aliphatic heterocycles. The highest BCUT2D eigenvalue weighted by molar-refractivity contribution is 7.58. The molecule has 0 spiro atoms. The zero-order valence-electron chi connectivity index (χ0n) is 12.4. The number of esters is 1.